The van der Waals surface area contributed by atoms with Gasteiger partial charge in [0, 0.05) is 5.56 Å². The summed E-state index contributed by atoms with van der Waals surface area (Å²) in [4.78, 5) is 16.9. The number of benzene rings is 2. The molecular formula is C20H24N2O2. The van der Waals surface area contributed by atoms with E-state index in [1.165, 1.54) is 0 Å². The fourth-order valence-corrected chi connectivity index (χ4v) is 2.11. The Balaban J connectivity index is 2.10. The lowest BCUT2D eigenvalue weighted by molar-refractivity contribution is 0.0962. The zero-order valence-corrected chi connectivity index (χ0v) is 14.5. The maximum absolute atomic E-state index is 12.5. The molecule has 1 amide bonds. The van der Waals surface area contributed by atoms with Crippen LogP contribution in [0.3, 0.4) is 0 Å². The number of hydrogen-bond donors (Lipinski definition) is 1. The second-order valence-corrected chi connectivity index (χ2v) is 6.08. The Morgan fingerprint density at radius 2 is 1.75 bits per heavy atom. The van der Waals surface area contributed by atoms with Crippen LogP contribution in [-0.2, 0) is 11.3 Å². The summed E-state index contributed by atoms with van der Waals surface area (Å²) in [5, 5.41) is 2.79. The molecule has 0 saturated heterocycles. The highest BCUT2D eigenvalue weighted by Gasteiger charge is 2.12. The first-order chi connectivity index (χ1) is 11.6. The summed E-state index contributed by atoms with van der Waals surface area (Å²) in [5.41, 5.74) is 2.60. The standard InChI is InChI=1S/C20H24N2O2/c1-15(2)14-24-20(21-13-17-10-5-4-6-11-17)22-19(23)18-12-8-7-9-16(18)3/h4-12,15H,13-14H2,1-3H3,(H,21,22,23). The number of aliphatic imine (C=N–C) groups is 1. The molecule has 0 heterocycles. The number of rotatable bonds is 5. The molecule has 0 aliphatic heterocycles. The number of nitrogens with one attached hydrogen (secondary N) is 1. The predicted molar refractivity (Wildman–Crippen MR) is 97.0 cm³/mol. The third kappa shape index (κ3) is 5.54. The number of amidine groups is 1. The summed E-state index contributed by atoms with van der Waals surface area (Å²) < 4.78 is 5.68. The maximum atomic E-state index is 12.5. The number of carbonyl (C=O) groups excluding carboxylic acids is 1. The zero-order chi connectivity index (χ0) is 17.4. The van der Waals surface area contributed by atoms with Gasteiger partial charge in [0.25, 0.3) is 11.9 Å². The van der Waals surface area contributed by atoms with Crippen molar-refractivity contribution in [3.8, 4) is 0 Å². The molecule has 0 spiro atoms. The van der Waals surface area contributed by atoms with E-state index in [1.54, 1.807) is 6.07 Å². The van der Waals surface area contributed by atoms with Gasteiger partial charge in [-0.15, -0.1) is 0 Å². The molecule has 4 nitrogen and oxygen atoms in total. The highest BCUT2D eigenvalue weighted by molar-refractivity contribution is 6.04. The van der Waals surface area contributed by atoms with Gasteiger partial charge in [-0.1, -0.05) is 62.4 Å². The third-order valence-electron chi connectivity index (χ3n) is 3.41. The lowest BCUT2D eigenvalue weighted by Gasteiger charge is -2.13. The Morgan fingerprint density at radius 3 is 2.42 bits per heavy atom. The Morgan fingerprint density at radius 1 is 1.08 bits per heavy atom. The first-order valence-electron chi connectivity index (χ1n) is 8.14. The van der Waals surface area contributed by atoms with Gasteiger partial charge in [0.15, 0.2) is 0 Å². The number of amides is 1. The van der Waals surface area contributed by atoms with Crippen molar-refractivity contribution in [2.45, 2.75) is 27.3 Å². The molecule has 0 fully saturated rings. The second kappa shape index (κ2) is 8.87. The quantitative estimate of drug-likeness (QED) is 0.669. The van der Waals surface area contributed by atoms with Crippen molar-refractivity contribution in [1.82, 2.24) is 5.32 Å². The largest absolute Gasteiger partial charge is 0.465 e. The van der Waals surface area contributed by atoms with E-state index in [4.69, 9.17) is 4.74 Å². The summed E-state index contributed by atoms with van der Waals surface area (Å²) in [6, 6.07) is 17.6. The smallest absolute Gasteiger partial charge is 0.292 e. The van der Waals surface area contributed by atoms with E-state index in [-0.39, 0.29) is 11.9 Å². The Hall–Kier alpha value is -2.62. The van der Waals surface area contributed by atoms with Crippen LogP contribution >= 0.6 is 0 Å². The molecule has 0 radical (unpaired) electrons. The Bertz CT molecular complexity index is 694. The van der Waals surface area contributed by atoms with Crippen molar-refractivity contribution < 1.29 is 9.53 Å². The summed E-state index contributed by atoms with van der Waals surface area (Å²) in [5.74, 6) is 0.144. The number of carbonyl (C=O) groups is 1. The number of ether oxygens (including phenoxy) is 1. The molecule has 0 bridgehead atoms. The van der Waals surface area contributed by atoms with Crippen molar-refractivity contribution in [2.75, 3.05) is 6.61 Å². The number of nitrogens with zero attached hydrogens (tertiary/aromatic N) is 1. The van der Waals surface area contributed by atoms with Crippen molar-refractivity contribution in [2.24, 2.45) is 10.9 Å². The zero-order valence-electron chi connectivity index (χ0n) is 14.5. The van der Waals surface area contributed by atoms with E-state index >= 15 is 0 Å². The lowest BCUT2D eigenvalue weighted by atomic mass is 10.1. The van der Waals surface area contributed by atoms with Gasteiger partial charge in [0.1, 0.15) is 0 Å². The minimum Gasteiger partial charge on any atom is -0.465 e. The van der Waals surface area contributed by atoms with Crippen LogP contribution in [0.4, 0.5) is 0 Å². The van der Waals surface area contributed by atoms with E-state index in [9.17, 15) is 4.79 Å². The fraction of sp³-hybridized carbons (Fsp3) is 0.300. The summed E-state index contributed by atoms with van der Waals surface area (Å²) in [6.07, 6.45) is 0. The lowest BCUT2D eigenvalue weighted by Crippen LogP contribution is -2.34. The highest BCUT2D eigenvalue weighted by atomic mass is 16.5. The van der Waals surface area contributed by atoms with E-state index in [0.717, 1.165) is 11.1 Å². The molecule has 126 valence electrons. The van der Waals surface area contributed by atoms with Gasteiger partial charge in [0.2, 0.25) is 0 Å². The molecule has 0 saturated carbocycles. The second-order valence-electron chi connectivity index (χ2n) is 6.08. The van der Waals surface area contributed by atoms with Crippen molar-refractivity contribution in [3.63, 3.8) is 0 Å². The Kier molecular flexibility index (Phi) is 6.55. The van der Waals surface area contributed by atoms with E-state index < -0.39 is 0 Å². The van der Waals surface area contributed by atoms with Crippen LogP contribution < -0.4 is 5.32 Å². The summed E-state index contributed by atoms with van der Waals surface area (Å²) in [7, 11) is 0. The highest BCUT2D eigenvalue weighted by Crippen LogP contribution is 2.07. The summed E-state index contributed by atoms with van der Waals surface area (Å²) >= 11 is 0. The van der Waals surface area contributed by atoms with Gasteiger partial charge in [0.05, 0.1) is 13.2 Å². The molecule has 0 aliphatic rings. The van der Waals surface area contributed by atoms with Crippen LogP contribution in [0, 0.1) is 12.8 Å². The van der Waals surface area contributed by atoms with Crippen LogP contribution in [0.25, 0.3) is 0 Å². The van der Waals surface area contributed by atoms with Gasteiger partial charge < -0.3 is 4.74 Å². The molecule has 1 N–H and O–H groups in total. The van der Waals surface area contributed by atoms with Gasteiger partial charge in [-0.25, -0.2) is 4.99 Å². The van der Waals surface area contributed by atoms with Crippen LogP contribution in [0.2, 0.25) is 0 Å². The molecule has 0 unspecified atom stereocenters. The molecule has 2 aromatic rings. The topological polar surface area (TPSA) is 50.7 Å². The molecule has 0 aromatic heterocycles. The van der Waals surface area contributed by atoms with Crippen molar-refractivity contribution in [3.05, 3.63) is 71.3 Å². The van der Waals surface area contributed by atoms with Crippen LogP contribution in [0.1, 0.15) is 35.3 Å². The monoisotopic (exact) mass is 324 g/mol. The molecule has 24 heavy (non-hydrogen) atoms. The molecular weight excluding hydrogens is 300 g/mol. The molecule has 2 rings (SSSR count). The van der Waals surface area contributed by atoms with Crippen molar-refractivity contribution >= 4 is 11.9 Å². The molecule has 0 aliphatic carbocycles. The van der Waals surface area contributed by atoms with Gasteiger partial charge >= 0.3 is 0 Å². The SMILES string of the molecule is Cc1ccccc1C(=O)NC(=NCc1ccccc1)OCC(C)C. The molecule has 0 atom stereocenters. The van der Waals surface area contributed by atoms with Gasteiger partial charge in [-0.05, 0) is 30.0 Å². The van der Waals surface area contributed by atoms with Gasteiger partial charge in [-0.3, -0.25) is 10.1 Å². The Labute approximate surface area is 143 Å². The van der Waals surface area contributed by atoms with E-state index in [0.29, 0.717) is 24.6 Å². The van der Waals surface area contributed by atoms with Crippen molar-refractivity contribution in [1.29, 1.82) is 0 Å². The van der Waals surface area contributed by atoms with Crippen LogP contribution in [0.5, 0.6) is 0 Å². The van der Waals surface area contributed by atoms with E-state index in [2.05, 4.69) is 24.2 Å². The minimum absolute atomic E-state index is 0.205. The third-order valence-corrected chi connectivity index (χ3v) is 3.41. The predicted octanol–water partition coefficient (Wildman–Crippen LogP) is 3.95. The normalized spacial score (nSPS) is 11.4. The average Bonchev–Trinajstić information content (AvgIpc) is 2.58. The van der Waals surface area contributed by atoms with E-state index in [1.807, 2.05) is 55.5 Å². The minimum atomic E-state index is -0.205. The van der Waals surface area contributed by atoms with Crippen LogP contribution in [0.15, 0.2) is 59.6 Å². The first kappa shape index (κ1) is 17.7. The first-order valence-corrected chi connectivity index (χ1v) is 8.14. The van der Waals surface area contributed by atoms with Gasteiger partial charge in [-0.2, -0.15) is 0 Å². The summed E-state index contributed by atoms with van der Waals surface area (Å²) in [6.45, 7) is 6.98. The number of hydrogen-bond acceptors (Lipinski definition) is 3. The molecule has 2 aromatic carbocycles. The van der Waals surface area contributed by atoms with Crippen LogP contribution in [-0.4, -0.2) is 18.5 Å². The molecule has 4 heteroatoms. The fourth-order valence-electron chi connectivity index (χ4n) is 2.11. The number of aryl methyl sites for hydroxylation is 1. The maximum Gasteiger partial charge on any atom is 0.292 e. The average molecular weight is 324 g/mol.